The maximum Gasteiger partial charge on any atom is 0.150 e. The summed E-state index contributed by atoms with van der Waals surface area (Å²) in [5, 5.41) is 19.8. The average molecular weight is 459 g/mol. The lowest BCUT2D eigenvalue weighted by Crippen LogP contribution is -3.13. The van der Waals surface area contributed by atoms with Crippen molar-refractivity contribution in [3.8, 4) is 23.0 Å². The van der Waals surface area contributed by atoms with E-state index in [1.54, 1.807) is 29.2 Å². The topological polar surface area (TPSA) is 63.4 Å². The molecule has 176 valence electrons. The Morgan fingerprint density at radius 2 is 1.59 bits per heavy atom. The lowest BCUT2D eigenvalue weighted by Gasteiger charge is -2.31. The van der Waals surface area contributed by atoms with Crippen molar-refractivity contribution < 1.29 is 24.6 Å². The highest BCUT2D eigenvalue weighted by Gasteiger charge is 2.29. The number of fused-ring (bicyclic) bond motifs is 1. The largest absolute Gasteiger partial charge is 0.508 e. The van der Waals surface area contributed by atoms with Crippen LogP contribution in [0.5, 0.6) is 23.0 Å². The minimum absolute atomic E-state index is 0.179. The van der Waals surface area contributed by atoms with E-state index in [0.717, 1.165) is 46.7 Å². The molecule has 1 fully saturated rings. The van der Waals surface area contributed by atoms with Gasteiger partial charge in [0.2, 0.25) is 0 Å². The van der Waals surface area contributed by atoms with E-state index < -0.39 is 0 Å². The molecule has 3 N–H and O–H groups in total. The molecule has 2 aliphatic rings. The van der Waals surface area contributed by atoms with E-state index >= 15 is 0 Å². The van der Waals surface area contributed by atoms with Crippen LogP contribution in [0.2, 0.25) is 0 Å². The van der Waals surface area contributed by atoms with Gasteiger partial charge in [-0.3, -0.25) is 0 Å². The molecule has 1 saturated heterocycles. The predicted molar refractivity (Wildman–Crippen MR) is 133 cm³/mol. The number of phenols is 2. The number of piperidine rings is 1. The molecule has 5 heteroatoms. The molecule has 2 aliphatic heterocycles. The van der Waals surface area contributed by atoms with Crippen LogP contribution >= 0.6 is 0 Å². The molecule has 2 heterocycles. The molecule has 5 nitrogen and oxygen atoms in total. The van der Waals surface area contributed by atoms with E-state index in [4.69, 9.17) is 9.47 Å². The molecule has 0 bridgehead atoms. The molecule has 0 radical (unpaired) electrons. The fraction of sp³-hybridized carbons (Fsp3) is 0.310. The van der Waals surface area contributed by atoms with Crippen molar-refractivity contribution in [2.45, 2.75) is 32.3 Å². The third-order valence-electron chi connectivity index (χ3n) is 6.93. The molecule has 5 rings (SSSR count). The molecular weight excluding hydrogens is 426 g/mol. The SMILES string of the molecule is CC1=C(c2ccc(O)cc2)C(c2ccc(OCC[NH+]3CCCCC3)cc2)Oc2cc(O)ccc21. The van der Waals surface area contributed by atoms with Gasteiger partial charge in [-0.2, -0.15) is 0 Å². The van der Waals surface area contributed by atoms with Gasteiger partial charge in [-0.15, -0.1) is 0 Å². The third-order valence-corrected chi connectivity index (χ3v) is 6.93. The van der Waals surface area contributed by atoms with Crippen LogP contribution in [0.1, 0.15) is 49.0 Å². The van der Waals surface area contributed by atoms with Crippen molar-refractivity contribution in [1.82, 2.24) is 0 Å². The Labute approximate surface area is 200 Å². The van der Waals surface area contributed by atoms with Crippen molar-refractivity contribution >= 4 is 11.1 Å². The van der Waals surface area contributed by atoms with Crippen molar-refractivity contribution in [3.05, 3.63) is 83.4 Å². The van der Waals surface area contributed by atoms with Crippen LogP contribution in [0, 0.1) is 0 Å². The minimum atomic E-state index is -0.342. The number of ether oxygens (including phenoxy) is 2. The van der Waals surface area contributed by atoms with Gasteiger partial charge >= 0.3 is 0 Å². The Hall–Kier alpha value is -3.44. The van der Waals surface area contributed by atoms with Gasteiger partial charge in [0.15, 0.2) is 0 Å². The van der Waals surface area contributed by atoms with E-state index in [-0.39, 0.29) is 17.6 Å². The number of hydrogen-bond donors (Lipinski definition) is 3. The second kappa shape index (κ2) is 9.82. The summed E-state index contributed by atoms with van der Waals surface area (Å²) in [5.74, 6) is 1.93. The molecule has 3 aromatic carbocycles. The van der Waals surface area contributed by atoms with E-state index in [1.807, 2.05) is 30.3 Å². The number of hydrogen-bond acceptors (Lipinski definition) is 4. The summed E-state index contributed by atoms with van der Waals surface area (Å²) in [7, 11) is 0. The van der Waals surface area contributed by atoms with Gasteiger partial charge in [0.05, 0.1) is 13.1 Å². The van der Waals surface area contributed by atoms with Crippen LogP contribution in [-0.2, 0) is 0 Å². The third kappa shape index (κ3) is 4.75. The summed E-state index contributed by atoms with van der Waals surface area (Å²) in [4.78, 5) is 1.64. The fourth-order valence-corrected chi connectivity index (χ4v) is 5.04. The molecule has 0 aromatic heterocycles. The Kier molecular flexibility index (Phi) is 6.45. The van der Waals surface area contributed by atoms with Crippen molar-refractivity contribution in [3.63, 3.8) is 0 Å². The van der Waals surface area contributed by atoms with Crippen LogP contribution < -0.4 is 14.4 Å². The van der Waals surface area contributed by atoms with Gasteiger partial charge in [0.25, 0.3) is 0 Å². The molecule has 0 saturated carbocycles. The summed E-state index contributed by atoms with van der Waals surface area (Å²) < 4.78 is 12.5. The van der Waals surface area contributed by atoms with E-state index in [0.29, 0.717) is 5.75 Å². The maximum absolute atomic E-state index is 10.0. The first-order chi connectivity index (χ1) is 16.6. The first-order valence-corrected chi connectivity index (χ1v) is 12.1. The quantitative estimate of drug-likeness (QED) is 0.505. The van der Waals surface area contributed by atoms with E-state index in [2.05, 4.69) is 19.1 Å². The Balaban J connectivity index is 1.39. The van der Waals surface area contributed by atoms with Gasteiger partial charge < -0.3 is 24.6 Å². The summed E-state index contributed by atoms with van der Waals surface area (Å²) >= 11 is 0. The van der Waals surface area contributed by atoms with Crippen molar-refractivity contribution in [1.29, 1.82) is 0 Å². The summed E-state index contributed by atoms with van der Waals surface area (Å²) in [6, 6.07) is 20.6. The molecule has 1 unspecified atom stereocenters. The number of likely N-dealkylation sites (tertiary alicyclic amines) is 1. The Morgan fingerprint density at radius 1 is 0.882 bits per heavy atom. The molecule has 1 atom stereocenters. The highest BCUT2D eigenvalue weighted by atomic mass is 16.5. The molecule has 3 aromatic rings. The maximum atomic E-state index is 10.0. The van der Waals surface area contributed by atoms with Crippen LogP contribution in [0.15, 0.2) is 66.7 Å². The van der Waals surface area contributed by atoms with E-state index in [9.17, 15) is 10.2 Å². The van der Waals surface area contributed by atoms with E-state index in [1.165, 1.54) is 32.4 Å². The first-order valence-electron chi connectivity index (χ1n) is 12.1. The molecule has 0 amide bonds. The minimum Gasteiger partial charge on any atom is -0.508 e. The van der Waals surface area contributed by atoms with Crippen LogP contribution in [0.4, 0.5) is 0 Å². The summed E-state index contributed by atoms with van der Waals surface area (Å²) in [6.45, 7) is 6.35. The molecule has 0 spiro atoms. The summed E-state index contributed by atoms with van der Waals surface area (Å²) in [6.07, 6.45) is 3.66. The van der Waals surface area contributed by atoms with Gasteiger partial charge in [0.1, 0.15) is 42.3 Å². The first kappa shape index (κ1) is 22.4. The Morgan fingerprint density at radius 3 is 2.32 bits per heavy atom. The smallest absolute Gasteiger partial charge is 0.150 e. The molecule has 34 heavy (non-hydrogen) atoms. The average Bonchev–Trinajstić information content (AvgIpc) is 2.86. The van der Waals surface area contributed by atoms with Crippen molar-refractivity contribution in [2.24, 2.45) is 0 Å². The number of rotatable bonds is 6. The lowest BCUT2D eigenvalue weighted by atomic mass is 9.86. The number of benzene rings is 3. The standard InChI is InChI=1S/C29H31NO4/c1-20-26-14-11-24(32)19-27(26)34-29(28(20)21-5-9-23(31)10-6-21)22-7-12-25(13-8-22)33-18-17-30-15-3-2-4-16-30/h5-14,19,29,31-32H,2-4,15-18H2,1H3/p+1. The second-order valence-corrected chi connectivity index (χ2v) is 9.24. The zero-order valence-electron chi connectivity index (χ0n) is 19.6. The molecular formula is C29H32NO4+. The van der Waals surface area contributed by atoms with Gasteiger partial charge in [0, 0.05) is 17.2 Å². The Bertz CT molecular complexity index is 1160. The lowest BCUT2D eigenvalue weighted by molar-refractivity contribution is -0.904. The van der Waals surface area contributed by atoms with Gasteiger partial charge in [-0.25, -0.2) is 0 Å². The number of phenolic OH excluding ortho intramolecular Hbond substituents is 2. The highest BCUT2D eigenvalue weighted by molar-refractivity contribution is 5.95. The fourth-order valence-electron chi connectivity index (χ4n) is 5.04. The predicted octanol–water partition coefficient (Wildman–Crippen LogP) is 4.61. The normalized spacial score (nSPS) is 18.3. The van der Waals surface area contributed by atoms with Crippen LogP contribution in [0.3, 0.4) is 0 Å². The van der Waals surface area contributed by atoms with Crippen LogP contribution in [-0.4, -0.2) is 36.5 Å². The van der Waals surface area contributed by atoms with Crippen LogP contribution in [0.25, 0.3) is 11.1 Å². The number of allylic oxidation sites excluding steroid dienone is 1. The van der Waals surface area contributed by atoms with Gasteiger partial charge in [-0.05, 0) is 79.3 Å². The van der Waals surface area contributed by atoms with Crippen molar-refractivity contribution in [2.75, 3.05) is 26.2 Å². The number of quaternary nitrogens is 1. The number of aromatic hydroxyl groups is 2. The monoisotopic (exact) mass is 458 g/mol. The number of nitrogens with one attached hydrogen (secondary N) is 1. The second-order valence-electron chi connectivity index (χ2n) is 9.24. The summed E-state index contributed by atoms with van der Waals surface area (Å²) in [5.41, 5.74) is 5.08. The zero-order valence-corrected chi connectivity index (χ0v) is 19.6. The molecule has 0 aliphatic carbocycles. The zero-order chi connectivity index (χ0) is 23.5. The van der Waals surface area contributed by atoms with Gasteiger partial charge in [-0.1, -0.05) is 24.3 Å². The highest BCUT2D eigenvalue weighted by Crippen LogP contribution is 2.47.